The number of benzene rings is 3. The van der Waals surface area contributed by atoms with Crippen molar-refractivity contribution in [1.29, 1.82) is 0 Å². The molecule has 3 aromatic carbocycles. The van der Waals surface area contributed by atoms with Crippen LogP contribution in [0.1, 0.15) is 70.5 Å². The molecule has 1 fully saturated rings. The van der Waals surface area contributed by atoms with E-state index in [1.807, 2.05) is 113 Å². The largest absolute Gasteiger partial charge is 0.383 e. The minimum atomic E-state index is -0.952. The predicted octanol–water partition coefficient (Wildman–Crippen LogP) is 5.96. The number of hydrogen-bond acceptors (Lipinski definition) is 4. The summed E-state index contributed by atoms with van der Waals surface area (Å²) < 4.78 is 0. The fourth-order valence-corrected chi connectivity index (χ4v) is 5.61. The van der Waals surface area contributed by atoms with E-state index in [0.29, 0.717) is 12.1 Å². The molecular formula is C34H43N5O3. The van der Waals surface area contributed by atoms with Gasteiger partial charge in [0, 0.05) is 35.3 Å². The van der Waals surface area contributed by atoms with E-state index in [1.54, 1.807) is 6.07 Å². The summed E-state index contributed by atoms with van der Waals surface area (Å²) in [6, 6.07) is 25.7. The van der Waals surface area contributed by atoms with Crippen molar-refractivity contribution in [3.63, 3.8) is 0 Å². The van der Waals surface area contributed by atoms with E-state index in [9.17, 15) is 14.4 Å². The van der Waals surface area contributed by atoms with Crippen LogP contribution >= 0.6 is 0 Å². The second-order valence-electron chi connectivity index (χ2n) is 12.3. The fourth-order valence-electron chi connectivity index (χ4n) is 5.61. The molecule has 1 aliphatic rings. The lowest BCUT2D eigenvalue weighted by atomic mass is 9.76. The highest BCUT2D eigenvalue weighted by atomic mass is 16.2. The van der Waals surface area contributed by atoms with Gasteiger partial charge in [0.1, 0.15) is 6.04 Å². The molecule has 5 N–H and O–H groups in total. The maximum absolute atomic E-state index is 13.9. The second-order valence-corrected chi connectivity index (χ2v) is 12.3. The van der Waals surface area contributed by atoms with Crippen LogP contribution in [0.15, 0.2) is 84.9 Å². The van der Waals surface area contributed by atoms with Crippen LogP contribution in [0.3, 0.4) is 0 Å². The highest BCUT2D eigenvalue weighted by molar-refractivity contribution is 5.95. The first-order chi connectivity index (χ1) is 20.0. The monoisotopic (exact) mass is 569 g/mol. The third kappa shape index (κ3) is 8.59. The Balaban J connectivity index is 1.68. The molecule has 0 spiro atoms. The summed E-state index contributed by atoms with van der Waals surface area (Å²) >= 11 is 0. The number of carbonyl (C=O) groups excluding carboxylic acids is 3. The van der Waals surface area contributed by atoms with Crippen molar-refractivity contribution in [3.05, 3.63) is 96.1 Å². The summed E-state index contributed by atoms with van der Waals surface area (Å²) in [7, 11) is 0. The van der Waals surface area contributed by atoms with Gasteiger partial charge in [0.25, 0.3) is 0 Å². The molecule has 3 aromatic rings. The van der Waals surface area contributed by atoms with Crippen LogP contribution in [-0.4, -0.2) is 35.5 Å². The van der Waals surface area contributed by atoms with Gasteiger partial charge in [-0.15, -0.1) is 0 Å². The molecular weight excluding hydrogens is 526 g/mol. The summed E-state index contributed by atoms with van der Waals surface area (Å²) in [4.78, 5) is 40.7. The zero-order valence-corrected chi connectivity index (χ0v) is 25.1. The molecule has 0 bridgehead atoms. The lowest BCUT2D eigenvalue weighted by Crippen LogP contribution is -2.53. The molecule has 1 aliphatic heterocycles. The molecule has 222 valence electrons. The SMILES string of the molecule is CC(C)Nc1cccc(NC(=O)NC2C(=O)NC(c3ccccc3)CC(c3ccccc3)C2CC(=O)NC(C)(C)C)c1. The van der Waals surface area contributed by atoms with Gasteiger partial charge < -0.3 is 26.6 Å². The van der Waals surface area contributed by atoms with Gasteiger partial charge in [-0.3, -0.25) is 9.59 Å². The van der Waals surface area contributed by atoms with E-state index < -0.39 is 23.5 Å². The van der Waals surface area contributed by atoms with E-state index in [0.717, 1.165) is 16.8 Å². The molecule has 1 saturated heterocycles. The van der Waals surface area contributed by atoms with Crippen LogP contribution in [-0.2, 0) is 9.59 Å². The maximum atomic E-state index is 13.9. The molecule has 42 heavy (non-hydrogen) atoms. The van der Waals surface area contributed by atoms with Gasteiger partial charge in [-0.1, -0.05) is 66.7 Å². The number of hydrogen-bond donors (Lipinski definition) is 5. The Hall–Kier alpha value is -4.33. The van der Waals surface area contributed by atoms with Crippen molar-refractivity contribution in [2.75, 3.05) is 10.6 Å². The first-order valence-corrected chi connectivity index (χ1v) is 14.6. The van der Waals surface area contributed by atoms with Crippen LogP contribution in [0.4, 0.5) is 16.2 Å². The van der Waals surface area contributed by atoms with E-state index in [1.165, 1.54) is 0 Å². The topological polar surface area (TPSA) is 111 Å². The van der Waals surface area contributed by atoms with Gasteiger partial charge in [-0.05, 0) is 76.3 Å². The average molecular weight is 570 g/mol. The van der Waals surface area contributed by atoms with Crippen LogP contribution < -0.4 is 26.6 Å². The molecule has 8 heteroatoms. The van der Waals surface area contributed by atoms with Gasteiger partial charge in [0.2, 0.25) is 11.8 Å². The number of anilines is 2. The first-order valence-electron chi connectivity index (χ1n) is 14.6. The standard InChI is InChI=1S/C34H43N5O3/c1-22(2)35-25-17-12-18-26(19-25)36-33(42)38-31-28(21-30(40)39-34(3,4)5)27(23-13-8-6-9-14-23)20-29(37-32(31)41)24-15-10-7-11-16-24/h6-19,22,27-29,31,35H,20-21H2,1-5H3,(H,37,41)(H,39,40)(H2,36,38,42). The molecule has 0 aliphatic carbocycles. The van der Waals surface area contributed by atoms with Crippen molar-refractivity contribution in [3.8, 4) is 0 Å². The summed E-state index contributed by atoms with van der Waals surface area (Å²) in [6.45, 7) is 9.86. The minimum absolute atomic E-state index is 0.0739. The number of amides is 4. The zero-order valence-electron chi connectivity index (χ0n) is 25.1. The summed E-state index contributed by atoms with van der Waals surface area (Å²) in [5.41, 5.74) is 3.03. The smallest absolute Gasteiger partial charge is 0.319 e. The summed E-state index contributed by atoms with van der Waals surface area (Å²) in [6.07, 6.45) is 0.653. The van der Waals surface area contributed by atoms with Gasteiger partial charge in [0.05, 0.1) is 6.04 Å². The summed E-state index contributed by atoms with van der Waals surface area (Å²) in [5, 5.41) is 15.4. The fraction of sp³-hybridized carbons (Fsp3) is 0.382. The third-order valence-electron chi connectivity index (χ3n) is 7.26. The Bertz CT molecular complexity index is 1350. The molecule has 4 amide bonds. The van der Waals surface area contributed by atoms with Crippen LogP contribution in [0.5, 0.6) is 0 Å². The van der Waals surface area contributed by atoms with E-state index in [-0.39, 0.29) is 36.2 Å². The molecule has 0 aromatic heterocycles. The van der Waals surface area contributed by atoms with Crippen molar-refractivity contribution >= 4 is 29.2 Å². The molecule has 4 atom stereocenters. The first kappa shape index (κ1) is 30.6. The highest BCUT2D eigenvalue weighted by Crippen LogP contribution is 2.40. The quantitative estimate of drug-likeness (QED) is 0.230. The lowest BCUT2D eigenvalue weighted by molar-refractivity contribution is -0.126. The molecule has 0 saturated carbocycles. The van der Waals surface area contributed by atoms with Crippen LogP contribution in [0, 0.1) is 5.92 Å². The molecule has 1 heterocycles. The Morgan fingerprint density at radius 2 is 1.50 bits per heavy atom. The van der Waals surface area contributed by atoms with Crippen LogP contribution in [0.2, 0.25) is 0 Å². The number of urea groups is 1. The van der Waals surface area contributed by atoms with E-state index in [2.05, 4.69) is 26.6 Å². The Morgan fingerprint density at radius 3 is 2.12 bits per heavy atom. The average Bonchev–Trinajstić information content (AvgIpc) is 3.05. The Labute approximate surface area is 249 Å². The molecule has 0 radical (unpaired) electrons. The third-order valence-corrected chi connectivity index (χ3v) is 7.26. The molecule has 4 unspecified atom stereocenters. The normalized spacial score (nSPS) is 20.7. The van der Waals surface area contributed by atoms with Gasteiger partial charge >= 0.3 is 6.03 Å². The summed E-state index contributed by atoms with van der Waals surface area (Å²) in [5.74, 6) is -1.17. The van der Waals surface area contributed by atoms with Crippen molar-refractivity contribution in [2.45, 2.75) is 77.0 Å². The minimum Gasteiger partial charge on any atom is -0.383 e. The van der Waals surface area contributed by atoms with Crippen molar-refractivity contribution in [1.82, 2.24) is 16.0 Å². The van der Waals surface area contributed by atoms with E-state index in [4.69, 9.17) is 0 Å². The molecule has 4 rings (SSSR count). The van der Waals surface area contributed by atoms with E-state index >= 15 is 0 Å². The highest BCUT2D eigenvalue weighted by Gasteiger charge is 2.42. The van der Waals surface area contributed by atoms with Gasteiger partial charge in [0.15, 0.2) is 0 Å². The number of rotatable bonds is 8. The molecule has 8 nitrogen and oxygen atoms in total. The number of carbonyl (C=O) groups is 3. The zero-order chi connectivity index (χ0) is 30.3. The lowest BCUT2D eigenvalue weighted by Gasteiger charge is -2.32. The predicted molar refractivity (Wildman–Crippen MR) is 168 cm³/mol. The maximum Gasteiger partial charge on any atom is 0.319 e. The second kappa shape index (κ2) is 13.6. The number of nitrogens with one attached hydrogen (secondary N) is 5. The Kier molecular flexibility index (Phi) is 9.88. The van der Waals surface area contributed by atoms with Crippen molar-refractivity contribution < 1.29 is 14.4 Å². The van der Waals surface area contributed by atoms with Gasteiger partial charge in [-0.25, -0.2) is 4.79 Å². The van der Waals surface area contributed by atoms with Crippen molar-refractivity contribution in [2.24, 2.45) is 5.92 Å². The van der Waals surface area contributed by atoms with Crippen LogP contribution in [0.25, 0.3) is 0 Å². The Morgan fingerprint density at radius 1 is 0.881 bits per heavy atom. The van der Waals surface area contributed by atoms with Gasteiger partial charge in [-0.2, -0.15) is 0 Å².